The summed E-state index contributed by atoms with van der Waals surface area (Å²) in [6, 6.07) is 17.0. The summed E-state index contributed by atoms with van der Waals surface area (Å²) in [5.41, 5.74) is 3.87. The van der Waals surface area contributed by atoms with Crippen LogP contribution >= 0.6 is 11.6 Å². The normalized spacial score (nSPS) is 12.9. The van der Waals surface area contributed by atoms with Crippen LogP contribution in [0.1, 0.15) is 67.1 Å². The van der Waals surface area contributed by atoms with E-state index in [0.29, 0.717) is 29.5 Å². The molecule has 0 amide bonds. The van der Waals surface area contributed by atoms with E-state index < -0.39 is 6.04 Å². The summed E-state index contributed by atoms with van der Waals surface area (Å²) in [6.07, 6.45) is 2.45. The van der Waals surface area contributed by atoms with Crippen LogP contribution in [0, 0.1) is 13.8 Å². The molecule has 9 heteroatoms. The maximum Gasteiger partial charge on any atom is 0.253 e. The monoisotopic (exact) mass is 544 g/mol. The average Bonchev–Trinajstić information content (AvgIpc) is 3.59. The van der Waals surface area contributed by atoms with Gasteiger partial charge in [0.25, 0.3) is 5.56 Å². The number of aryl methyl sites for hydroxylation is 2. The molecule has 5 aromatic rings. The quantitative estimate of drug-likeness (QED) is 0.233. The lowest BCUT2D eigenvalue weighted by atomic mass is 9.98. The minimum Gasteiger partial charge on any atom is -0.468 e. The van der Waals surface area contributed by atoms with E-state index in [-0.39, 0.29) is 11.1 Å². The fraction of sp³-hybridized carbons (Fsp3) is 0.333. The van der Waals surface area contributed by atoms with Gasteiger partial charge in [0.1, 0.15) is 11.8 Å². The van der Waals surface area contributed by atoms with Gasteiger partial charge in [0.2, 0.25) is 0 Å². The number of aromatic nitrogens is 5. The Kier molecular flexibility index (Phi) is 7.42. The number of benzene rings is 2. The van der Waals surface area contributed by atoms with Crippen molar-refractivity contribution in [2.45, 2.75) is 65.7 Å². The Labute approximate surface area is 232 Å². The van der Waals surface area contributed by atoms with Crippen LogP contribution in [0.2, 0.25) is 5.02 Å². The lowest BCUT2D eigenvalue weighted by molar-refractivity contribution is 0.168. The van der Waals surface area contributed by atoms with Crippen molar-refractivity contribution in [2.75, 3.05) is 0 Å². The Balaban J connectivity index is 1.76. The third-order valence-corrected chi connectivity index (χ3v) is 7.80. The highest BCUT2D eigenvalue weighted by Gasteiger charge is 2.35. The van der Waals surface area contributed by atoms with E-state index in [1.54, 1.807) is 6.26 Å². The first-order valence-corrected chi connectivity index (χ1v) is 13.5. The molecule has 3 aromatic heterocycles. The van der Waals surface area contributed by atoms with Gasteiger partial charge in [0.05, 0.1) is 23.9 Å². The van der Waals surface area contributed by atoms with E-state index in [4.69, 9.17) is 16.0 Å². The Hall–Kier alpha value is -3.75. The molecule has 0 unspecified atom stereocenters. The molecule has 2 aromatic carbocycles. The Morgan fingerprint density at radius 2 is 1.90 bits per heavy atom. The number of halogens is 1. The van der Waals surface area contributed by atoms with Crippen molar-refractivity contribution in [1.29, 1.82) is 0 Å². The molecule has 0 aliphatic rings. The highest BCUT2D eigenvalue weighted by Crippen LogP contribution is 2.34. The van der Waals surface area contributed by atoms with Gasteiger partial charge in [-0.2, -0.15) is 0 Å². The van der Waals surface area contributed by atoms with Gasteiger partial charge in [-0.3, -0.25) is 9.69 Å². The van der Waals surface area contributed by atoms with Gasteiger partial charge in [0, 0.05) is 17.1 Å². The number of tetrazole rings is 1. The molecule has 0 aliphatic heterocycles. The van der Waals surface area contributed by atoms with Crippen molar-refractivity contribution < 1.29 is 4.42 Å². The zero-order valence-corrected chi connectivity index (χ0v) is 23.7. The van der Waals surface area contributed by atoms with Gasteiger partial charge in [-0.1, -0.05) is 48.4 Å². The van der Waals surface area contributed by atoms with Crippen molar-refractivity contribution in [3.05, 3.63) is 110 Å². The zero-order chi connectivity index (χ0) is 27.7. The van der Waals surface area contributed by atoms with E-state index in [9.17, 15) is 4.79 Å². The molecule has 39 heavy (non-hydrogen) atoms. The fourth-order valence-corrected chi connectivity index (χ4v) is 5.23. The first kappa shape index (κ1) is 26.8. The molecule has 0 fully saturated rings. The van der Waals surface area contributed by atoms with E-state index in [2.05, 4.69) is 65.2 Å². The number of furan rings is 1. The standard InChI is InChI=1S/C30H33ClN6O2/c1-6-30(4,5)37-28(33-34-35-37)27(24-16-22-15-19(2)14-20(3)26(22)32-29(24)38)36(18-23-11-9-13-39-23)17-21-10-7-8-12-25(21)31/h7-16,27H,6,17-18H2,1-5H3,(H,32,38)/t27-/m0/s1. The van der Waals surface area contributed by atoms with Crippen LogP contribution in [-0.4, -0.2) is 30.1 Å². The molecule has 3 heterocycles. The predicted molar refractivity (Wildman–Crippen MR) is 153 cm³/mol. The van der Waals surface area contributed by atoms with Gasteiger partial charge in [-0.05, 0) is 91.4 Å². The number of pyridine rings is 1. The number of fused-ring (bicyclic) bond motifs is 1. The van der Waals surface area contributed by atoms with E-state index in [1.165, 1.54) is 0 Å². The summed E-state index contributed by atoms with van der Waals surface area (Å²) < 4.78 is 7.60. The van der Waals surface area contributed by atoms with Crippen LogP contribution in [0.25, 0.3) is 10.9 Å². The molecule has 0 radical (unpaired) electrons. The van der Waals surface area contributed by atoms with Crippen LogP contribution in [0.4, 0.5) is 0 Å². The number of nitrogens with one attached hydrogen (secondary N) is 1. The number of hydrogen-bond acceptors (Lipinski definition) is 6. The molecule has 5 rings (SSSR count). The number of aromatic amines is 1. The summed E-state index contributed by atoms with van der Waals surface area (Å²) in [5.74, 6) is 1.33. The van der Waals surface area contributed by atoms with Gasteiger partial charge < -0.3 is 9.40 Å². The molecule has 1 N–H and O–H groups in total. The summed E-state index contributed by atoms with van der Waals surface area (Å²) in [7, 11) is 0. The van der Waals surface area contributed by atoms with Gasteiger partial charge in [0.15, 0.2) is 5.82 Å². The van der Waals surface area contributed by atoms with Crippen LogP contribution < -0.4 is 5.56 Å². The van der Waals surface area contributed by atoms with E-state index >= 15 is 0 Å². The molecule has 1 atom stereocenters. The van der Waals surface area contributed by atoms with Crippen molar-refractivity contribution in [3.8, 4) is 0 Å². The van der Waals surface area contributed by atoms with Crippen molar-refractivity contribution in [3.63, 3.8) is 0 Å². The van der Waals surface area contributed by atoms with Crippen molar-refractivity contribution in [2.24, 2.45) is 0 Å². The summed E-state index contributed by atoms with van der Waals surface area (Å²) in [4.78, 5) is 19.1. The van der Waals surface area contributed by atoms with Crippen LogP contribution in [0.15, 0.2) is 70.1 Å². The highest BCUT2D eigenvalue weighted by molar-refractivity contribution is 6.31. The average molecular weight is 545 g/mol. The third kappa shape index (κ3) is 5.40. The molecular formula is C30H33ClN6O2. The van der Waals surface area contributed by atoms with Gasteiger partial charge >= 0.3 is 0 Å². The van der Waals surface area contributed by atoms with Crippen LogP contribution in [-0.2, 0) is 18.6 Å². The molecule has 0 bridgehead atoms. The summed E-state index contributed by atoms with van der Waals surface area (Å²) >= 11 is 6.63. The summed E-state index contributed by atoms with van der Waals surface area (Å²) in [5, 5.41) is 14.6. The minimum absolute atomic E-state index is 0.188. The van der Waals surface area contributed by atoms with Crippen LogP contribution in [0.3, 0.4) is 0 Å². The maximum absolute atomic E-state index is 13.9. The topological polar surface area (TPSA) is 92.8 Å². The smallest absolute Gasteiger partial charge is 0.253 e. The molecular weight excluding hydrogens is 512 g/mol. The predicted octanol–water partition coefficient (Wildman–Crippen LogP) is 6.31. The molecule has 0 saturated heterocycles. The highest BCUT2D eigenvalue weighted by atomic mass is 35.5. The number of hydrogen-bond donors (Lipinski definition) is 1. The van der Waals surface area contributed by atoms with E-state index in [0.717, 1.165) is 39.8 Å². The lowest BCUT2D eigenvalue weighted by Crippen LogP contribution is -2.38. The van der Waals surface area contributed by atoms with Crippen molar-refractivity contribution >= 4 is 22.5 Å². The number of nitrogens with zero attached hydrogens (tertiary/aromatic N) is 5. The largest absolute Gasteiger partial charge is 0.468 e. The van der Waals surface area contributed by atoms with Gasteiger partial charge in [-0.25, -0.2) is 4.68 Å². The molecule has 0 saturated carbocycles. The van der Waals surface area contributed by atoms with Crippen LogP contribution in [0.5, 0.6) is 0 Å². The molecule has 8 nitrogen and oxygen atoms in total. The minimum atomic E-state index is -0.596. The SMILES string of the molecule is CCC(C)(C)n1nnnc1[C@H](c1cc2cc(C)cc(C)c2[nH]c1=O)N(Cc1ccco1)Cc1ccccc1Cl. The molecule has 0 spiro atoms. The second-order valence-electron chi connectivity index (χ2n) is 10.7. The second-order valence-corrected chi connectivity index (χ2v) is 11.1. The fourth-order valence-electron chi connectivity index (χ4n) is 5.04. The second kappa shape index (κ2) is 10.8. The van der Waals surface area contributed by atoms with Crippen molar-refractivity contribution in [1.82, 2.24) is 30.1 Å². The Morgan fingerprint density at radius 1 is 1.10 bits per heavy atom. The van der Waals surface area contributed by atoms with Gasteiger partial charge in [-0.15, -0.1) is 5.10 Å². The third-order valence-electron chi connectivity index (χ3n) is 7.43. The molecule has 0 aliphatic carbocycles. The Morgan fingerprint density at radius 3 is 2.62 bits per heavy atom. The number of rotatable bonds is 9. The summed E-state index contributed by atoms with van der Waals surface area (Å²) in [6.45, 7) is 11.2. The number of H-pyrrole nitrogens is 1. The lowest BCUT2D eigenvalue weighted by Gasteiger charge is -2.33. The first-order valence-electron chi connectivity index (χ1n) is 13.1. The molecule has 202 valence electrons. The first-order chi connectivity index (χ1) is 18.7. The maximum atomic E-state index is 13.9. The van der Waals surface area contributed by atoms with E-state index in [1.807, 2.05) is 54.1 Å². The zero-order valence-electron chi connectivity index (χ0n) is 22.9. The Bertz CT molecular complexity index is 1650.